The Hall–Kier alpha value is -0.0800. The van der Waals surface area contributed by atoms with E-state index in [1.807, 2.05) is 0 Å². The smallest absolute Gasteiger partial charge is 0.0101 e. The molecular weight excluding hydrogens is 232 g/mol. The number of hydrogen-bond acceptors (Lipinski definition) is 2. The molecule has 0 bridgehead atoms. The molecule has 0 spiro atoms. The van der Waals surface area contributed by atoms with Crippen LogP contribution in [0.15, 0.2) is 0 Å². The van der Waals surface area contributed by atoms with E-state index in [2.05, 4.69) is 24.1 Å². The number of nitrogens with one attached hydrogen (secondary N) is 1. The lowest BCUT2D eigenvalue weighted by Gasteiger charge is -2.41. The molecule has 3 fully saturated rings. The van der Waals surface area contributed by atoms with Crippen LogP contribution < -0.4 is 5.32 Å². The van der Waals surface area contributed by atoms with Gasteiger partial charge in [-0.15, -0.1) is 0 Å². The van der Waals surface area contributed by atoms with Gasteiger partial charge in [0.15, 0.2) is 0 Å². The van der Waals surface area contributed by atoms with Gasteiger partial charge in [-0.3, -0.25) is 4.90 Å². The van der Waals surface area contributed by atoms with Gasteiger partial charge in [0.2, 0.25) is 0 Å². The molecule has 0 aromatic carbocycles. The molecule has 19 heavy (non-hydrogen) atoms. The summed E-state index contributed by atoms with van der Waals surface area (Å²) >= 11 is 0. The molecule has 1 saturated heterocycles. The first-order chi connectivity index (χ1) is 9.24. The molecule has 3 rings (SSSR count). The number of piperidine rings is 1. The van der Waals surface area contributed by atoms with Gasteiger partial charge in [-0.05, 0) is 75.8 Å². The van der Waals surface area contributed by atoms with Crippen molar-refractivity contribution in [3.8, 4) is 0 Å². The Kier molecular flexibility index (Phi) is 4.48. The zero-order valence-corrected chi connectivity index (χ0v) is 12.9. The average Bonchev–Trinajstić information content (AvgIpc) is 3.25. The summed E-state index contributed by atoms with van der Waals surface area (Å²) in [6.07, 6.45) is 10.2. The van der Waals surface area contributed by atoms with Gasteiger partial charge >= 0.3 is 0 Å². The van der Waals surface area contributed by atoms with E-state index in [9.17, 15) is 0 Å². The highest BCUT2D eigenvalue weighted by atomic mass is 15.2. The molecule has 3 unspecified atom stereocenters. The van der Waals surface area contributed by atoms with Crippen molar-refractivity contribution in [3.05, 3.63) is 0 Å². The van der Waals surface area contributed by atoms with E-state index >= 15 is 0 Å². The van der Waals surface area contributed by atoms with E-state index in [0.29, 0.717) is 0 Å². The van der Waals surface area contributed by atoms with Crippen molar-refractivity contribution in [2.45, 2.75) is 70.9 Å². The number of nitrogens with zero attached hydrogens (tertiary/aromatic N) is 1. The van der Waals surface area contributed by atoms with Gasteiger partial charge in [-0.1, -0.05) is 13.8 Å². The topological polar surface area (TPSA) is 15.3 Å². The summed E-state index contributed by atoms with van der Waals surface area (Å²) in [6.45, 7) is 8.84. The highest BCUT2D eigenvalue weighted by Crippen LogP contribution is 2.38. The fourth-order valence-electron chi connectivity index (χ4n) is 4.19. The summed E-state index contributed by atoms with van der Waals surface area (Å²) in [4.78, 5) is 2.94. The Morgan fingerprint density at radius 2 is 1.53 bits per heavy atom. The fraction of sp³-hybridized carbons (Fsp3) is 1.00. The van der Waals surface area contributed by atoms with Crippen molar-refractivity contribution in [1.82, 2.24) is 10.2 Å². The van der Waals surface area contributed by atoms with Crippen LogP contribution in [-0.2, 0) is 0 Å². The third kappa shape index (κ3) is 3.52. The Morgan fingerprint density at radius 3 is 2.16 bits per heavy atom. The van der Waals surface area contributed by atoms with E-state index in [0.717, 1.165) is 29.8 Å². The van der Waals surface area contributed by atoms with Crippen LogP contribution in [0.3, 0.4) is 0 Å². The second-order valence-electron chi connectivity index (χ2n) is 7.54. The van der Waals surface area contributed by atoms with E-state index < -0.39 is 0 Å². The molecule has 0 radical (unpaired) electrons. The van der Waals surface area contributed by atoms with Crippen LogP contribution in [0.1, 0.15) is 58.8 Å². The molecule has 2 heteroatoms. The second kappa shape index (κ2) is 6.13. The van der Waals surface area contributed by atoms with Crippen molar-refractivity contribution in [1.29, 1.82) is 0 Å². The number of hydrogen-bond donors (Lipinski definition) is 1. The summed E-state index contributed by atoms with van der Waals surface area (Å²) in [5.74, 6) is 2.86. The minimum Gasteiger partial charge on any atom is -0.317 e. The van der Waals surface area contributed by atoms with Gasteiger partial charge in [-0.25, -0.2) is 0 Å². The van der Waals surface area contributed by atoms with Crippen LogP contribution in [-0.4, -0.2) is 36.6 Å². The summed E-state index contributed by atoms with van der Waals surface area (Å²) in [6, 6.07) is 1.87. The van der Waals surface area contributed by atoms with Gasteiger partial charge in [-0.2, -0.15) is 0 Å². The fourth-order valence-corrected chi connectivity index (χ4v) is 4.19. The van der Waals surface area contributed by atoms with Gasteiger partial charge in [0.05, 0.1) is 0 Å². The van der Waals surface area contributed by atoms with Crippen LogP contribution in [0.4, 0.5) is 0 Å². The zero-order valence-electron chi connectivity index (χ0n) is 12.9. The molecule has 0 aromatic rings. The highest BCUT2D eigenvalue weighted by molar-refractivity contribution is 4.93. The first kappa shape index (κ1) is 13.9. The summed E-state index contributed by atoms with van der Waals surface area (Å²) < 4.78 is 0. The van der Waals surface area contributed by atoms with Crippen molar-refractivity contribution in [2.24, 2.45) is 17.8 Å². The van der Waals surface area contributed by atoms with Crippen LogP contribution in [0.25, 0.3) is 0 Å². The molecule has 3 atom stereocenters. The monoisotopic (exact) mass is 264 g/mol. The van der Waals surface area contributed by atoms with Crippen LogP contribution in [0.2, 0.25) is 0 Å². The third-order valence-corrected chi connectivity index (χ3v) is 5.98. The molecule has 1 aliphatic heterocycles. The maximum absolute atomic E-state index is 3.51. The second-order valence-corrected chi connectivity index (χ2v) is 7.54. The molecule has 2 aliphatic carbocycles. The minimum atomic E-state index is 0.911. The Bertz CT molecular complexity index is 281. The molecule has 2 nitrogen and oxygen atoms in total. The maximum Gasteiger partial charge on any atom is 0.0101 e. The van der Waals surface area contributed by atoms with Gasteiger partial charge in [0.25, 0.3) is 0 Å². The summed E-state index contributed by atoms with van der Waals surface area (Å²) in [5.41, 5.74) is 0. The molecule has 2 saturated carbocycles. The Morgan fingerprint density at radius 1 is 0.842 bits per heavy atom. The van der Waals surface area contributed by atoms with Crippen molar-refractivity contribution < 1.29 is 0 Å². The van der Waals surface area contributed by atoms with Gasteiger partial charge in [0, 0.05) is 18.6 Å². The molecule has 0 aromatic heterocycles. The first-order valence-corrected chi connectivity index (χ1v) is 8.70. The molecule has 1 heterocycles. The summed E-state index contributed by atoms with van der Waals surface area (Å²) in [7, 11) is 0. The van der Waals surface area contributed by atoms with E-state index in [1.54, 1.807) is 0 Å². The van der Waals surface area contributed by atoms with Crippen LogP contribution in [0.5, 0.6) is 0 Å². The quantitative estimate of drug-likeness (QED) is 0.838. The average molecular weight is 264 g/mol. The molecular formula is C17H32N2. The SMILES string of the molecule is CC1CCC(N(CC2CCNCC2)C2CC2)CC1C. The standard InChI is InChI=1S/C17H32N2/c1-13-3-4-17(11-14(13)2)19(16-5-6-16)12-15-7-9-18-10-8-15/h13-18H,3-12H2,1-2H3. The Labute approximate surface area is 119 Å². The van der Waals surface area contributed by atoms with Crippen molar-refractivity contribution >= 4 is 0 Å². The van der Waals surface area contributed by atoms with Gasteiger partial charge in [0.1, 0.15) is 0 Å². The third-order valence-electron chi connectivity index (χ3n) is 5.98. The highest BCUT2D eigenvalue weighted by Gasteiger charge is 2.37. The predicted molar refractivity (Wildman–Crippen MR) is 81.3 cm³/mol. The first-order valence-electron chi connectivity index (χ1n) is 8.70. The molecule has 0 amide bonds. The summed E-state index contributed by atoms with van der Waals surface area (Å²) in [5, 5.41) is 3.51. The normalized spacial score (nSPS) is 37.7. The number of rotatable bonds is 4. The largest absolute Gasteiger partial charge is 0.317 e. The maximum atomic E-state index is 3.51. The predicted octanol–water partition coefficient (Wildman–Crippen LogP) is 3.28. The lowest BCUT2D eigenvalue weighted by atomic mass is 9.78. The lowest BCUT2D eigenvalue weighted by molar-refractivity contribution is 0.0811. The van der Waals surface area contributed by atoms with Crippen LogP contribution >= 0.6 is 0 Å². The van der Waals surface area contributed by atoms with Crippen molar-refractivity contribution in [2.75, 3.05) is 19.6 Å². The zero-order chi connectivity index (χ0) is 13.2. The molecule has 110 valence electrons. The molecule has 3 aliphatic rings. The van der Waals surface area contributed by atoms with Crippen molar-refractivity contribution in [3.63, 3.8) is 0 Å². The lowest BCUT2D eigenvalue weighted by Crippen LogP contribution is -2.45. The van der Waals surface area contributed by atoms with E-state index in [4.69, 9.17) is 0 Å². The molecule has 1 N–H and O–H groups in total. The van der Waals surface area contributed by atoms with Crippen LogP contribution in [0, 0.1) is 17.8 Å². The van der Waals surface area contributed by atoms with E-state index in [-0.39, 0.29) is 0 Å². The minimum absolute atomic E-state index is 0.911. The van der Waals surface area contributed by atoms with E-state index in [1.165, 1.54) is 64.6 Å². The Balaban J connectivity index is 1.57. The van der Waals surface area contributed by atoms with Gasteiger partial charge < -0.3 is 5.32 Å².